The molecule has 0 bridgehead atoms. The molecule has 1 N–H and O–H groups in total. The molecule has 0 spiro atoms. The van der Waals surface area contributed by atoms with Crippen LogP contribution >= 0.6 is 0 Å². The summed E-state index contributed by atoms with van der Waals surface area (Å²) in [6, 6.07) is 0.398. The molecule has 4 amide bonds. The SMILES string of the molecule is CC(C)(C)OC(=O)NC1CC2C(=O)N(C(=O)OC(C)(C)C)CC2(C(=O)N2CCc3ncc(C(F)(F)F)cc3C2)C1. The second-order valence-electron chi connectivity index (χ2n) is 12.7. The Hall–Kier alpha value is -3.38. The fraction of sp³-hybridized carbons (Fsp3) is 0.667. The zero-order valence-corrected chi connectivity index (χ0v) is 23.5. The monoisotopic (exact) mass is 568 g/mol. The molecule has 1 aliphatic carbocycles. The van der Waals surface area contributed by atoms with Gasteiger partial charge in [0.05, 0.1) is 16.9 Å². The Balaban J connectivity index is 1.62. The number of carbonyl (C=O) groups is 4. The average molecular weight is 569 g/mol. The molecule has 40 heavy (non-hydrogen) atoms. The number of halogens is 3. The summed E-state index contributed by atoms with van der Waals surface area (Å²) >= 11 is 0. The highest BCUT2D eigenvalue weighted by Gasteiger charge is 2.64. The average Bonchev–Trinajstić information content (AvgIpc) is 3.29. The van der Waals surface area contributed by atoms with Crippen molar-refractivity contribution in [3.8, 4) is 0 Å². The number of rotatable bonds is 2. The van der Waals surface area contributed by atoms with Gasteiger partial charge in [-0.15, -0.1) is 0 Å². The van der Waals surface area contributed by atoms with Gasteiger partial charge < -0.3 is 19.7 Å². The Morgan fingerprint density at radius 2 is 1.73 bits per heavy atom. The van der Waals surface area contributed by atoms with Crippen molar-refractivity contribution in [2.75, 3.05) is 13.1 Å². The van der Waals surface area contributed by atoms with Crippen LogP contribution in [0.15, 0.2) is 12.3 Å². The molecule has 3 unspecified atom stereocenters. The van der Waals surface area contributed by atoms with Crippen molar-refractivity contribution in [2.45, 2.75) is 90.8 Å². The second kappa shape index (κ2) is 9.91. The van der Waals surface area contributed by atoms with Gasteiger partial charge in [-0.2, -0.15) is 13.2 Å². The highest BCUT2D eigenvalue weighted by molar-refractivity contribution is 6.02. The number of pyridine rings is 1. The number of likely N-dealkylation sites (tertiary alicyclic amines) is 1. The molecule has 10 nitrogen and oxygen atoms in total. The Labute approximate surface area is 230 Å². The number of amides is 4. The van der Waals surface area contributed by atoms with Crippen molar-refractivity contribution < 1.29 is 41.8 Å². The lowest BCUT2D eigenvalue weighted by Crippen LogP contribution is -2.50. The summed E-state index contributed by atoms with van der Waals surface area (Å²) in [6.45, 7) is 9.88. The van der Waals surface area contributed by atoms with E-state index in [-0.39, 0.29) is 44.5 Å². The molecule has 2 aliphatic heterocycles. The minimum Gasteiger partial charge on any atom is -0.444 e. The smallest absolute Gasteiger partial charge is 0.417 e. The molecule has 0 radical (unpaired) electrons. The van der Waals surface area contributed by atoms with Gasteiger partial charge in [0.25, 0.3) is 0 Å². The molecular formula is C27H35F3N4O6. The van der Waals surface area contributed by atoms with Gasteiger partial charge in [-0.25, -0.2) is 14.5 Å². The third-order valence-corrected chi connectivity index (χ3v) is 7.22. The molecule has 1 saturated carbocycles. The predicted octanol–water partition coefficient (Wildman–Crippen LogP) is 4.05. The van der Waals surface area contributed by atoms with Crippen molar-refractivity contribution in [3.63, 3.8) is 0 Å². The van der Waals surface area contributed by atoms with Gasteiger partial charge in [-0.3, -0.25) is 14.6 Å². The molecule has 4 rings (SSSR count). The Bertz CT molecular complexity index is 1220. The zero-order valence-electron chi connectivity index (χ0n) is 23.5. The first-order chi connectivity index (χ1) is 18.3. The maximum Gasteiger partial charge on any atom is 0.417 e. The fourth-order valence-electron chi connectivity index (χ4n) is 5.66. The number of hydrogen-bond acceptors (Lipinski definition) is 7. The summed E-state index contributed by atoms with van der Waals surface area (Å²) < 4.78 is 50.7. The van der Waals surface area contributed by atoms with E-state index in [1.165, 1.54) is 4.90 Å². The number of nitrogens with one attached hydrogen (secondary N) is 1. The minimum absolute atomic E-state index is 0.0466. The molecule has 13 heteroatoms. The van der Waals surface area contributed by atoms with Gasteiger partial charge >= 0.3 is 18.4 Å². The first kappa shape index (κ1) is 29.6. The van der Waals surface area contributed by atoms with Crippen LogP contribution in [0.1, 0.15) is 71.2 Å². The third-order valence-electron chi connectivity index (χ3n) is 7.22. The van der Waals surface area contributed by atoms with Crippen molar-refractivity contribution >= 4 is 24.0 Å². The largest absolute Gasteiger partial charge is 0.444 e. The first-order valence-corrected chi connectivity index (χ1v) is 13.2. The van der Waals surface area contributed by atoms with Crippen LogP contribution in [0.4, 0.5) is 22.8 Å². The van der Waals surface area contributed by atoms with E-state index in [0.717, 1.165) is 17.2 Å². The molecule has 3 heterocycles. The van der Waals surface area contributed by atoms with E-state index in [2.05, 4.69) is 10.3 Å². The molecule has 1 aromatic rings. The molecular weight excluding hydrogens is 533 g/mol. The van der Waals surface area contributed by atoms with E-state index in [4.69, 9.17) is 9.47 Å². The third kappa shape index (κ3) is 6.02. The van der Waals surface area contributed by atoms with Gasteiger partial charge in [0.15, 0.2) is 0 Å². The zero-order chi connectivity index (χ0) is 29.8. The van der Waals surface area contributed by atoms with E-state index < -0.39 is 64.3 Å². The van der Waals surface area contributed by atoms with E-state index in [0.29, 0.717) is 5.69 Å². The van der Waals surface area contributed by atoms with Crippen molar-refractivity contribution in [2.24, 2.45) is 11.3 Å². The van der Waals surface area contributed by atoms with E-state index in [1.54, 1.807) is 41.5 Å². The summed E-state index contributed by atoms with van der Waals surface area (Å²) in [5, 5.41) is 2.74. The maximum absolute atomic E-state index is 14.2. The van der Waals surface area contributed by atoms with Crippen LogP contribution in [0, 0.1) is 11.3 Å². The fourth-order valence-corrected chi connectivity index (χ4v) is 5.66. The number of imide groups is 1. The normalized spacial score (nSPS) is 24.9. The number of aromatic nitrogens is 1. The van der Waals surface area contributed by atoms with Gasteiger partial charge in [0, 0.05) is 44.0 Å². The number of nitrogens with zero attached hydrogens (tertiary/aromatic N) is 3. The molecule has 3 atom stereocenters. The predicted molar refractivity (Wildman–Crippen MR) is 135 cm³/mol. The molecule has 220 valence electrons. The number of ether oxygens (including phenoxy) is 2. The van der Waals surface area contributed by atoms with Crippen LogP contribution in [0.2, 0.25) is 0 Å². The first-order valence-electron chi connectivity index (χ1n) is 13.2. The van der Waals surface area contributed by atoms with Gasteiger partial charge in [-0.1, -0.05) is 0 Å². The number of hydrogen-bond donors (Lipinski definition) is 1. The van der Waals surface area contributed by atoms with E-state index in [1.807, 2.05) is 0 Å². The summed E-state index contributed by atoms with van der Waals surface area (Å²) in [4.78, 5) is 59.3. The topological polar surface area (TPSA) is 118 Å². The Kier molecular flexibility index (Phi) is 7.34. The number of fused-ring (bicyclic) bond motifs is 2. The lowest BCUT2D eigenvalue weighted by Gasteiger charge is -2.36. The second-order valence-corrected chi connectivity index (χ2v) is 12.7. The van der Waals surface area contributed by atoms with Crippen LogP contribution < -0.4 is 5.32 Å². The highest BCUT2D eigenvalue weighted by atomic mass is 19.4. The minimum atomic E-state index is -4.59. The summed E-state index contributed by atoms with van der Waals surface area (Å²) in [6.07, 6.45) is -5.01. The van der Waals surface area contributed by atoms with Gasteiger partial charge in [0.2, 0.25) is 11.8 Å². The Morgan fingerprint density at radius 1 is 1.07 bits per heavy atom. The van der Waals surface area contributed by atoms with E-state index >= 15 is 0 Å². The molecule has 1 saturated heterocycles. The van der Waals surface area contributed by atoms with Gasteiger partial charge in [0.1, 0.15) is 11.2 Å². The van der Waals surface area contributed by atoms with Crippen molar-refractivity contribution in [1.82, 2.24) is 20.1 Å². The van der Waals surface area contributed by atoms with Crippen LogP contribution in [0.3, 0.4) is 0 Å². The number of carbonyl (C=O) groups excluding carboxylic acids is 4. The van der Waals surface area contributed by atoms with E-state index in [9.17, 15) is 32.3 Å². The van der Waals surface area contributed by atoms with Crippen molar-refractivity contribution in [3.05, 3.63) is 29.1 Å². The highest BCUT2D eigenvalue weighted by Crippen LogP contribution is 2.51. The van der Waals surface area contributed by atoms with Crippen LogP contribution in [0.5, 0.6) is 0 Å². The molecule has 0 aromatic carbocycles. The summed E-state index contributed by atoms with van der Waals surface area (Å²) in [7, 11) is 0. The molecule has 1 aromatic heterocycles. The van der Waals surface area contributed by atoms with Crippen LogP contribution in [-0.4, -0.2) is 69.1 Å². The lowest BCUT2D eigenvalue weighted by molar-refractivity contribution is -0.145. The summed E-state index contributed by atoms with van der Waals surface area (Å²) in [5.74, 6) is -1.99. The standard InChI is InChI=1S/C27H35F3N4O6/c1-24(2,3)39-22(37)32-17-10-18-20(35)34(23(38)40-25(4,5)6)14-26(18,11-17)21(36)33-8-7-19-15(13-33)9-16(12-31-19)27(28,29)30/h9,12,17-18H,7-8,10-11,13-14H2,1-6H3,(H,32,37). The van der Waals surface area contributed by atoms with Crippen LogP contribution in [-0.2, 0) is 38.2 Å². The number of alkyl carbamates (subject to hydrolysis) is 1. The van der Waals surface area contributed by atoms with Gasteiger partial charge in [-0.05, 0) is 66.0 Å². The number of alkyl halides is 3. The molecule has 2 fully saturated rings. The molecule has 3 aliphatic rings. The summed E-state index contributed by atoms with van der Waals surface area (Å²) in [5.41, 5.74) is -3.20. The van der Waals surface area contributed by atoms with Crippen molar-refractivity contribution in [1.29, 1.82) is 0 Å². The van der Waals surface area contributed by atoms with Crippen LogP contribution in [0.25, 0.3) is 0 Å². The maximum atomic E-state index is 14.2. The Morgan fingerprint density at radius 3 is 2.33 bits per heavy atom. The quantitative estimate of drug-likeness (QED) is 0.572. The lowest BCUT2D eigenvalue weighted by atomic mass is 9.78.